The van der Waals surface area contributed by atoms with Gasteiger partial charge in [0.15, 0.2) is 0 Å². The molecule has 0 aromatic heterocycles. The SMILES string of the molecule is NNC(CCOCC(F)F)c1cccc2c1OCC2. The van der Waals surface area contributed by atoms with E-state index in [2.05, 4.69) is 5.43 Å². The molecule has 1 aliphatic rings. The Kier molecular flexibility index (Phi) is 5.07. The molecule has 0 bridgehead atoms. The minimum absolute atomic E-state index is 0.161. The molecule has 2 rings (SSSR count). The van der Waals surface area contributed by atoms with Crippen LogP contribution in [0.1, 0.15) is 23.6 Å². The molecule has 1 unspecified atom stereocenters. The predicted octanol–water partition coefficient (Wildman–Crippen LogP) is 1.80. The molecular weight excluding hydrogens is 254 g/mol. The van der Waals surface area contributed by atoms with Crippen molar-refractivity contribution in [2.45, 2.75) is 25.3 Å². The Morgan fingerprint density at radius 1 is 1.42 bits per heavy atom. The first-order chi connectivity index (χ1) is 9.22. The average Bonchev–Trinajstić information content (AvgIpc) is 2.87. The highest BCUT2D eigenvalue weighted by atomic mass is 19.3. The van der Waals surface area contributed by atoms with Gasteiger partial charge in [0.2, 0.25) is 0 Å². The van der Waals surface area contributed by atoms with Crippen molar-refractivity contribution in [2.75, 3.05) is 19.8 Å². The fourth-order valence-electron chi connectivity index (χ4n) is 2.22. The standard InChI is InChI=1S/C13H18F2N2O2/c14-12(15)8-18-6-5-11(17-16)10-3-1-2-9-4-7-19-13(9)10/h1-3,11-12,17H,4-8,16H2. The van der Waals surface area contributed by atoms with Gasteiger partial charge >= 0.3 is 0 Å². The van der Waals surface area contributed by atoms with E-state index in [1.165, 1.54) is 0 Å². The number of para-hydroxylation sites is 1. The Balaban J connectivity index is 1.96. The van der Waals surface area contributed by atoms with Crippen LogP contribution in [0.5, 0.6) is 5.75 Å². The van der Waals surface area contributed by atoms with Gasteiger partial charge in [-0.3, -0.25) is 11.3 Å². The number of halogens is 2. The van der Waals surface area contributed by atoms with Gasteiger partial charge in [-0.25, -0.2) is 8.78 Å². The molecular formula is C13H18F2N2O2. The second-order valence-electron chi connectivity index (χ2n) is 4.41. The zero-order valence-electron chi connectivity index (χ0n) is 10.6. The molecule has 6 heteroatoms. The summed E-state index contributed by atoms with van der Waals surface area (Å²) >= 11 is 0. The molecule has 0 radical (unpaired) electrons. The molecule has 1 aliphatic heterocycles. The zero-order valence-corrected chi connectivity index (χ0v) is 10.6. The van der Waals surface area contributed by atoms with Gasteiger partial charge < -0.3 is 9.47 Å². The molecule has 0 aliphatic carbocycles. The van der Waals surface area contributed by atoms with Crippen molar-refractivity contribution in [3.63, 3.8) is 0 Å². The van der Waals surface area contributed by atoms with Crippen LogP contribution in [0.2, 0.25) is 0 Å². The third-order valence-electron chi connectivity index (χ3n) is 3.12. The number of hydrogen-bond acceptors (Lipinski definition) is 4. The lowest BCUT2D eigenvalue weighted by molar-refractivity contribution is 0.0143. The van der Waals surface area contributed by atoms with Crippen molar-refractivity contribution in [1.82, 2.24) is 5.43 Å². The van der Waals surface area contributed by atoms with Crippen LogP contribution in [0.25, 0.3) is 0 Å². The van der Waals surface area contributed by atoms with E-state index in [4.69, 9.17) is 15.3 Å². The van der Waals surface area contributed by atoms with Crippen molar-refractivity contribution in [3.8, 4) is 5.75 Å². The van der Waals surface area contributed by atoms with Crippen LogP contribution in [-0.2, 0) is 11.2 Å². The number of alkyl halides is 2. The van der Waals surface area contributed by atoms with E-state index in [0.29, 0.717) is 13.0 Å². The van der Waals surface area contributed by atoms with Gasteiger partial charge in [-0.15, -0.1) is 0 Å². The van der Waals surface area contributed by atoms with Gasteiger partial charge in [-0.2, -0.15) is 0 Å². The fraction of sp³-hybridized carbons (Fsp3) is 0.538. The van der Waals surface area contributed by atoms with Crippen molar-refractivity contribution in [1.29, 1.82) is 0 Å². The molecule has 1 atom stereocenters. The third kappa shape index (κ3) is 3.62. The summed E-state index contributed by atoms with van der Waals surface area (Å²) in [6, 6.07) is 5.74. The van der Waals surface area contributed by atoms with Crippen LogP contribution in [0.15, 0.2) is 18.2 Å². The molecule has 1 heterocycles. The minimum Gasteiger partial charge on any atom is -0.493 e. The highest BCUT2D eigenvalue weighted by Crippen LogP contribution is 2.34. The van der Waals surface area contributed by atoms with E-state index in [0.717, 1.165) is 23.3 Å². The van der Waals surface area contributed by atoms with E-state index in [1.807, 2.05) is 18.2 Å². The molecule has 1 aromatic carbocycles. The first-order valence-electron chi connectivity index (χ1n) is 6.29. The molecule has 0 saturated heterocycles. The maximum Gasteiger partial charge on any atom is 0.261 e. The molecule has 0 spiro atoms. The highest BCUT2D eigenvalue weighted by molar-refractivity contribution is 5.45. The molecule has 3 N–H and O–H groups in total. The number of ether oxygens (including phenoxy) is 2. The Morgan fingerprint density at radius 2 is 2.26 bits per heavy atom. The van der Waals surface area contributed by atoms with E-state index >= 15 is 0 Å². The average molecular weight is 272 g/mol. The number of benzene rings is 1. The molecule has 106 valence electrons. The summed E-state index contributed by atoms with van der Waals surface area (Å²) in [6.45, 7) is 0.356. The number of nitrogens with two attached hydrogens (primary N) is 1. The second-order valence-corrected chi connectivity index (χ2v) is 4.41. The summed E-state index contributed by atoms with van der Waals surface area (Å²) in [4.78, 5) is 0. The normalized spacial score (nSPS) is 15.4. The van der Waals surface area contributed by atoms with Gasteiger partial charge in [-0.05, 0) is 12.0 Å². The summed E-state index contributed by atoms with van der Waals surface area (Å²) in [5, 5.41) is 0. The third-order valence-corrected chi connectivity index (χ3v) is 3.12. The van der Waals surface area contributed by atoms with Gasteiger partial charge in [0.05, 0.1) is 12.6 Å². The number of hydrazine groups is 1. The lowest BCUT2D eigenvalue weighted by Gasteiger charge is -2.19. The van der Waals surface area contributed by atoms with E-state index in [-0.39, 0.29) is 12.6 Å². The summed E-state index contributed by atoms with van der Waals surface area (Å²) in [5.74, 6) is 6.39. The quantitative estimate of drug-likeness (QED) is 0.451. The van der Waals surface area contributed by atoms with Crippen LogP contribution in [0.4, 0.5) is 8.78 Å². The van der Waals surface area contributed by atoms with Gasteiger partial charge in [-0.1, -0.05) is 18.2 Å². The van der Waals surface area contributed by atoms with Crippen molar-refractivity contribution < 1.29 is 18.3 Å². The maximum atomic E-state index is 12.0. The second kappa shape index (κ2) is 6.79. The molecule has 19 heavy (non-hydrogen) atoms. The number of hydrogen-bond donors (Lipinski definition) is 2. The lowest BCUT2D eigenvalue weighted by Crippen LogP contribution is -2.29. The monoisotopic (exact) mass is 272 g/mol. The maximum absolute atomic E-state index is 12.0. The van der Waals surface area contributed by atoms with E-state index in [9.17, 15) is 8.78 Å². The number of nitrogens with one attached hydrogen (secondary N) is 1. The summed E-state index contributed by atoms with van der Waals surface area (Å²) < 4.78 is 34.4. The van der Waals surface area contributed by atoms with Gasteiger partial charge in [0.1, 0.15) is 12.4 Å². The highest BCUT2D eigenvalue weighted by Gasteiger charge is 2.21. The number of fused-ring (bicyclic) bond motifs is 1. The Labute approximate surface area is 110 Å². The first-order valence-corrected chi connectivity index (χ1v) is 6.29. The van der Waals surface area contributed by atoms with Crippen LogP contribution < -0.4 is 16.0 Å². The predicted molar refractivity (Wildman–Crippen MR) is 67.1 cm³/mol. The summed E-state index contributed by atoms with van der Waals surface area (Å²) in [6.07, 6.45) is -1.03. The van der Waals surface area contributed by atoms with E-state index in [1.54, 1.807) is 0 Å². The first kappa shape index (κ1) is 14.2. The van der Waals surface area contributed by atoms with Crippen LogP contribution >= 0.6 is 0 Å². The fourth-order valence-corrected chi connectivity index (χ4v) is 2.22. The largest absolute Gasteiger partial charge is 0.493 e. The molecule has 0 fully saturated rings. The Morgan fingerprint density at radius 3 is 3.00 bits per heavy atom. The molecule has 4 nitrogen and oxygen atoms in total. The Bertz CT molecular complexity index is 416. The molecule has 0 amide bonds. The molecule has 0 saturated carbocycles. The minimum atomic E-state index is -2.44. The van der Waals surface area contributed by atoms with Crippen LogP contribution in [-0.4, -0.2) is 26.2 Å². The van der Waals surface area contributed by atoms with Crippen molar-refractivity contribution >= 4 is 0 Å². The smallest absolute Gasteiger partial charge is 0.261 e. The van der Waals surface area contributed by atoms with E-state index < -0.39 is 13.0 Å². The Hall–Kier alpha value is -1.24. The number of rotatable bonds is 7. The summed E-state index contributed by atoms with van der Waals surface area (Å²) in [7, 11) is 0. The van der Waals surface area contributed by atoms with Gasteiger partial charge in [0, 0.05) is 18.6 Å². The van der Waals surface area contributed by atoms with Crippen molar-refractivity contribution in [3.05, 3.63) is 29.3 Å². The van der Waals surface area contributed by atoms with Crippen LogP contribution in [0.3, 0.4) is 0 Å². The van der Waals surface area contributed by atoms with Gasteiger partial charge in [0.25, 0.3) is 6.43 Å². The zero-order chi connectivity index (χ0) is 13.7. The van der Waals surface area contributed by atoms with Crippen molar-refractivity contribution in [2.24, 2.45) is 5.84 Å². The van der Waals surface area contributed by atoms with Crippen LogP contribution in [0, 0.1) is 0 Å². The molecule has 1 aromatic rings. The summed E-state index contributed by atoms with van der Waals surface area (Å²) in [5.41, 5.74) is 4.80. The topological polar surface area (TPSA) is 56.5 Å². The lowest BCUT2D eigenvalue weighted by atomic mass is 10.0.